The number of nitrogens with one attached hydrogen (secondary N) is 2. The van der Waals surface area contributed by atoms with E-state index in [1.165, 1.54) is 6.92 Å². The zero-order valence-electron chi connectivity index (χ0n) is 17.5. The Bertz CT molecular complexity index is 1170. The van der Waals surface area contributed by atoms with Crippen LogP contribution in [0.2, 0.25) is 5.02 Å². The molecule has 0 aliphatic heterocycles. The second-order valence-corrected chi connectivity index (χ2v) is 7.26. The van der Waals surface area contributed by atoms with Crippen LogP contribution in [-0.4, -0.2) is 24.7 Å². The van der Waals surface area contributed by atoms with E-state index >= 15 is 0 Å². The maximum Gasteiger partial charge on any atom is 0.272 e. The fourth-order valence-corrected chi connectivity index (χ4v) is 3.07. The molecular weight excluding hydrogens is 428 g/mol. The highest BCUT2D eigenvalue weighted by atomic mass is 35.5. The van der Waals surface area contributed by atoms with E-state index in [1.54, 1.807) is 86.0 Å². The van der Waals surface area contributed by atoms with Crippen molar-refractivity contribution in [3.8, 4) is 5.75 Å². The molecule has 162 valence electrons. The minimum Gasteiger partial charge on any atom is -0.497 e. The van der Waals surface area contributed by atoms with Crippen molar-refractivity contribution in [3.63, 3.8) is 0 Å². The highest BCUT2D eigenvalue weighted by Crippen LogP contribution is 2.18. The summed E-state index contributed by atoms with van der Waals surface area (Å²) in [4.78, 5) is 37.2. The van der Waals surface area contributed by atoms with Crippen LogP contribution < -0.4 is 15.4 Å². The molecule has 0 aliphatic rings. The first-order valence-electron chi connectivity index (χ1n) is 9.71. The minimum absolute atomic E-state index is 0.0238. The zero-order valence-corrected chi connectivity index (χ0v) is 18.3. The number of benzene rings is 3. The Morgan fingerprint density at radius 1 is 0.906 bits per heavy atom. The molecule has 0 spiro atoms. The van der Waals surface area contributed by atoms with Crippen LogP contribution in [0.1, 0.15) is 33.2 Å². The number of amides is 2. The lowest BCUT2D eigenvalue weighted by Gasteiger charge is -2.12. The summed E-state index contributed by atoms with van der Waals surface area (Å²) in [6, 6.07) is 20.1. The summed E-state index contributed by atoms with van der Waals surface area (Å²) in [5, 5.41) is 5.64. The van der Waals surface area contributed by atoms with Crippen LogP contribution in [-0.2, 0) is 4.79 Å². The van der Waals surface area contributed by atoms with Crippen LogP contribution in [0.4, 0.5) is 5.69 Å². The Labute approximate surface area is 190 Å². The normalized spacial score (nSPS) is 10.9. The van der Waals surface area contributed by atoms with Crippen molar-refractivity contribution >= 4 is 41.0 Å². The molecule has 3 aromatic rings. The minimum atomic E-state index is -0.531. The molecule has 6 nitrogen and oxygen atoms in total. The van der Waals surface area contributed by atoms with Crippen LogP contribution in [0.5, 0.6) is 5.75 Å². The first kappa shape index (κ1) is 22.8. The lowest BCUT2D eigenvalue weighted by Crippen LogP contribution is -2.31. The molecule has 0 atom stereocenters. The van der Waals surface area contributed by atoms with E-state index in [1.807, 2.05) is 0 Å². The Morgan fingerprint density at radius 3 is 2.16 bits per heavy atom. The molecule has 0 bridgehead atoms. The molecule has 0 saturated carbocycles. The number of Topliss-reactive ketones (excluding diaryl/α,β-unsaturated/α-hetero) is 1. The number of hydrogen-bond donors (Lipinski definition) is 2. The average molecular weight is 449 g/mol. The van der Waals surface area contributed by atoms with E-state index in [9.17, 15) is 14.4 Å². The summed E-state index contributed by atoms with van der Waals surface area (Å²) in [5.41, 5.74) is 1.96. The van der Waals surface area contributed by atoms with Gasteiger partial charge in [-0.05, 0) is 67.1 Å². The van der Waals surface area contributed by atoms with Crippen LogP contribution in [0, 0.1) is 0 Å². The molecule has 0 unspecified atom stereocenters. The summed E-state index contributed by atoms with van der Waals surface area (Å²) in [5.74, 6) is -0.456. The average Bonchev–Trinajstić information content (AvgIpc) is 2.79. The quantitative estimate of drug-likeness (QED) is 0.395. The van der Waals surface area contributed by atoms with Gasteiger partial charge in [-0.25, -0.2) is 0 Å². The first-order valence-corrected chi connectivity index (χ1v) is 10.1. The number of hydrogen-bond acceptors (Lipinski definition) is 4. The molecule has 32 heavy (non-hydrogen) atoms. The molecule has 2 amide bonds. The predicted octanol–water partition coefficient (Wildman–Crippen LogP) is 4.96. The maximum absolute atomic E-state index is 13.0. The molecule has 3 rings (SSSR count). The van der Waals surface area contributed by atoms with Gasteiger partial charge in [0.25, 0.3) is 11.8 Å². The molecule has 0 fully saturated rings. The van der Waals surface area contributed by atoms with E-state index < -0.39 is 11.8 Å². The number of carbonyl (C=O) groups is 3. The van der Waals surface area contributed by atoms with Crippen molar-refractivity contribution in [1.82, 2.24) is 5.32 Å². The summed E-state index contributed by atoms with van der Waals surface area (Å²) in [7, 11) is 1.56. The van der Waals surface area contributed by atoms with Gasteiger partial charge in [0, 0.05) is 11.3 Å². The van der Waals surface area contributed by atoms with E-state index in [4.69, 9.17) is 16.3 Å². The second kappa shape index (κ2) is 10.4. The second-order valence-electron chi connectivity index (χ2n) is 6.85. The third-order valence-electron chi connectivity index (χ3n) is 4.59. The van der Waals surface area contributed by atoms with Crippen molar-refractivity contribution in [1.29, 1.82) is 0 Å². The van der Waals surface area contributed by atoms with Gasteiger partial charge in [0.1, 0.15) is 11.4 Å². The number of ketones is 1. The number of anilines is 1. The molecule has 0 saturated heterocycles. The SMILES string of the molecule is COc1ccc(/C=C(\NC(=O)c2ccccc2Cl)C(=O)Nc2ccc(C(C)=O)cc2)cc1. The smallest absolute Gasteiger partial charge is 0.272 e. The summed E-state index contributed by atoms with van der Waals surface area (Å²) >= 11 is 6.12. The summed E-state index contributed by atoms with van der Waals surface area (Å²) in [6.45, 7) is 1.47. The largest absolute Gasteiger partial charge is 0.497 e. The van der Waals surface area contributed by atoms with Crippen molar-refractivity contribution in [3.05, 3.63) is 100 Å². The van der Waals surface area contributed by atoms with Crippen LogP contribution in [0.15, 0.2) is 78.5 Å². The Hall–Kier alpha value is -3.90. The number of rotatable bonds is 7. The monoisotopic (exact) mass is 448 g/mol. The number of halogens is 1. The number of carbonyl (C=O) groups excluding carboxylic acids is 3. The van der Waals surface area contributed by atoms with Crippen molar-refractivity contribution in [2.24, 2.45) is 0 Å². The van der Waals surface area contributed by atoms with Crippen LogP contribution >= 0.6 is 11.6 Å². The van der Waals surface area contributed by atoms with E-state index in [0.29, 0.717) is 22.6 Å². The molecule has 2 N–H and O–H groups in total. The van der Waals surface area contributed by atoms with Crippen molar-refractivity contribution < 1.29 is 19.1 Å². The van der Waals surface area contributed by atoms with Gasteiger partial charge in [0.15, 0.2) is 5.78 Å². The molecule has 7 heteroatoms. The van der Waals surface area contributed by atoms with Crippen LogP contribution in [0.25, 0.3) is 6.08 Å². The first-order chi connectivity index (χ1) is 15.4. The standard InChI is InChI=1S/C25H21ClN2O4/c1-16(29)18-9-11-19(12-10-18)27-25(31)23(15-17-7-13-20(32-2)14-8-17)28-24(30)21-5-3-4-6-22(21)26/h3-15H,1-2H3,(H,27,31)(H,28,30)/b23-15-. The molecular formula is C25H21ClN2O4. The molecule has 0 aromatic heterocycles. The third-order valence-corrected chi connectivity index (χ3v) is 4.92. The highest BCUT2D eigenvalue weighted by Gasteiger charge is 2.17. The van der Waals surface area contributed by atoms with Gasteiger partial charge in [-0.1, -0.05) is 35.9 Å². The lowest BCUT2D eigenvalue weighted by molar-refractivity contribution is -0.113. The number of ether oxygens (including phenoxy) is 1. The van der Waals surface area contributed by atoms with E-state index in [-0.39, 0.29) is 22.1 Å². The molecule has 0 aliphatic carbocycles. The van der Waals surface area contributed by atoms with Gasteiger partial charge in [-0.3, -0.25) is 14.4 Å². The van der Waals surface area contributed by atoms with Crippen molar-refractivity contribution in [2.75, 3.05) is 12.4 Å². The Morgan fingerprint density at radius 2 is 1.56 bits per heavy atom. The van der Waals surface area contributed by atoms with E-state index in [2.05, 4.69) is 10.6 Å². The van der Waals surface area contributed by atoms with Gasteiger partial charge in [-0.15, -0.1) is 0 Å². The fourth-order valence-electron chi connectivity index (χ4n) is 2.85. The summed E-state index contributed by atoms with van der Waals surface area (Å²) in [6.07, 6.45) is 1.55. The van der Waals surface area contributed by atoms with Crippen molar-refractivity contribution in [2.45, 2.75) is 6.92 Å². The third kappa shape index (κ3) is 5.83. The zero-order chi connectivity index (χ0) is 23.1. The topological polar surface area (TPSA) is 84.5 Å². The van der Waals surface area contributed by atoms with E-state index in [0.717, 1.165) is 0 Å². The fraction of sp³-hybridized carbons (Fsp3) is 0.0800. The molecule has 3 aromatic carbocycles. The summed E-state index contributed by atoms with van der Waals surface area (Å²) < 4.78 is 5.15. The van der Waals surface area contributed by atoms with Crippen LogP contribution in [0.3, 0.4) is 0 Å². The number of methoxy groups -OCH3 is 1. The van der Waals surface area contributed by atoms with Gasteiger partial charge < -0.3 is 15.4 Å². The highest BCUT2D eigenvalue weighted by molar-refractivity contribution is 6.34. The van der Waals surface area contributed by atoms with Gasteiger partial charge >= 0.3 is 0 Å². The lowest BCUT2D eigenvalue weighted by atomic mass is 10.1. The Kier molecular flexibility index (Phi) is 7.41. The predicted molar refractivity (Wildman–Crippen MR) is 125 cm³/mol. The van der Waals surface area contributed by atoms with Gasteiger partial charge in [-0.2, -0.15) is 0 Å². The van der Waals surface area contributed by atoms with Gasteiger partial charge in [0.05, 0.1) is 17.7 Å². The maximum atomic E-state index is 13.0. The van der Waals surface area contributed by atoms with Gasteiger partial charge in [0.2, 0.25) is 0 Å². The Balaban J connectivity index is 1.88. The molecule has 0 heterocycles. The molecule has 0 radical (unpaired) electrons.